The molecular weight excluding hydrogens is 218 g/mol. The van der Waals surface area contributed by atoms with E-state index in [2.05, 4.69) is 9.97 Å². The molecule has 0 bridgehead atoms. The van der Waals surface area contributed by atoms with Crippen LogP contribution >= 0.6 is 23.4 Å². The molecule has 0 amide bonds. The molecule has 0 spiro atoms. The number of nitriles is 1. The van der Waals surface area contributed by atoms with Gasteiger partial charge in [-0.25, -0.2) is 9.97 Å². The highest BCUT2D eigenvalue weighted by Crippen LogP contribution is 2.20. The van der Waals surface area contributed by atoms with Crippen molar-refractivity contribution in [2.75, 3.05) is 5.88 Å². The standard InChI is InChI=1S/C9H10ClN3S/c1-6-3-8(5-11)13-9(12-6)14-7(2)4-10/h3,7H,4H2,1-2H3. The van der Waals surface area contributed by atoms with Crippen LogP contribution in [0.5, 0.6) is 0 Å². The molecule has 14 heavy (non-hydrogen) atoms. The average molecular weight is 228 g/mol. The molecule has 0 saturated carbocycles. The van der Waals surface area contributed by atoms with Crippen molar-refractivity contribution in [1.82, 2.24) is 9.97 Å². The second-order valence-electron chi connectivity index (χ2n) is 2.87. The first-order valence-corrected chi connectivity index (χ1v) is 5.55. The van der Waals surface area contributed by atoms with Crippen LogP contribution in [-0.4, -0.2) is 21.1 Å². The maximum Gasteiger partial charge on any atom is 0.189 e. The number of thioether (sulfide) groups is 1. The van der Waals surface area contributed by atoms with Gasteiger partial charge in [0.05, 0.1) is 0 Å². The van der Waals surface area contributed by atoms with Crippen molar-refractivity contribution < 1.29 is 0 Å². The Labute approximate surface area is 92.5 Å². The van der Waals surface area contributed by atoms with Crippen LogP contribution in [-0.2, 0) is 0 Å². The van der Waals surface area contributed by atoms with E-state index in [1.54, 1.807) is 6.07 Å². The molecule has 1 aromatic rings. The van der Waals surface area contributed by atoms with E-state index in [9.17, 15) is 0 Å². The molecule has 1 unspecified atom stereocenters. The second kappa shape index (κ2) is 5.18. The van der Waals surface area contributed by atoms with Crippen LogP contribution in [0.1, 0.15) is 18.3 Å². The average Bonchev–Trinajstić information content (AvgIpc) is 2.16. The molecule has 0 aromatic carbocycles. The number of alkyl halides is 1. The van der Waals surface area contributed by atoms with Gasteiger partial charge in [-0.3, -0.25) is 0 Å². The van der Waals surface area contributed by atoms with E-state index in [-0.39, 0.29) is 5.25 Å². The van der Waals surface area contributed by atoms with E-state index >= 15 is 0 Å². The topological polar surface area (TPSA) is 49.6 Å². The lowest BCUT2D eigenvalue weighted by Crippen LogP contribution is -2.01. The molecule has 5 heteroatoms. The zero-order chi connectivity index (χ0) is 10.6. The molecule has 1 heterocycles. The first-order valence-electron chi connectivity index (χ1n) is 4.14. The third kappa shape index (κ3) is 3.17. The largest absolute Gasteiger partial charge is 0.228 e. The van der Waals surface area contributed by atoms with Crippen LogP contribution in [0.15, 0.2) is 11.2 Å². The number of rotatable bonds is 3. The highest BCUT2D eigenvalue weighted by Gasteiger charge is 2.07. The summed E-state index contributed by atoms with van der Waals surface area (Å²) in [5, 5.41) is 9.58. The summed E-state index contributed by atoms with van der Waals surface area (Å²) in [4.78, 5) is 8.28. The van der Waals surface area contributed by atoms with Gasteiger partial charge in [0.15, 0.2) is 5.16 Å². The number of halogens is 1. The van der Waals surface area contributed by atoms with E-state index in [4.69, 9.17) is 16.9 Å². The zero-order valence-corrected chi connectivity index (χ0v) is 9.56. The molecule has 1 rings (SSSR count). The molecule has 3 nitrogen and oxygen atoms in total. The van der Waals surface area contributed by atoms with Crippen molar-refractivity contribution in [3.63, 3.8) is 0 Å². The van der Waals surface area contributed by atoms with E-state index in [0.29, 0.717) is 16.7 Å². The molecule has 0 aliphatic carbocycles. The van der Waals surface area contributed by atoms with Crippen LogP contribution in [0.3, 0.4) is 0 Å². The Morgan fingerprint density at radius 3 is 2.93 bits per heavy atom. The third-order valence-electron chi connectivity index (χ3n) is 1.47. The Kier molecular flexibility index (Phi) is 4.18. The fourth-order valence-electron chi connectivity index (χ4n) is 0.863. The normalized spacial score (nSPS) is 12.1. The van der Waals surface area contributed by atoms with Gasteiger partial charge >= 0.3 is 0 Å². The van der Waals surface area contributed by atoms with Crippen LogP contribution in [0.2, 0.25) is 0 Å². The molecule has 0 aliphatic rings. The Hall–Kier alpha value is -0.790. The molecule has 0 saturated heterocycles. The summed E-state index contributed by atoms with van der Waals surface area (Å²) in [5.41, 5.74) is 1.21. The van der Waals surface area contributed by atoms with Crippen LogP contribution in [0.4, 0.5) is 0 Å². The van der Waals surface area contributed by atoms with Crippen molar-refractivity contribution in [2.45, 2.75) is 24.3 Å². The van der Waals surface area contributed by atoms with Gasteiger partial charge in [0.1, 0.15) is 11.8 Å². The van der Waals surface area contributed by atoms with Crippen molar-refractivity contribution >= 4 is 23.4 Å². The lowest BCUT2D eigenvalue weighted by Gasteiger charge is -2.05. The Bertz CT molecular complexity index is 362. The smallest absolute Gasteiger partial charge is 0.189 e. The number of aromatic nitrogens is 2. The maximum absolute atomic E-state index is 8.70. The van der Waals surface area contributed by atoms with Gasteiger partial charge in [-0.1, -0.05) is 18.7 Å². The highest BCUT2D eigenvalue weighted by molar-refractivity contribution is 7.99. The van der Waals surface area contributed by atoms with Crippen molar-refractivity contribution in [2.24, 2.45) is 0 Å². The van der Waals surface area contributed by atoms with Gasteiger partial charge in [-0.15, -0.1) is 11.6 Å². The summed E-state index contributed by atoms with van der Waals surface area (Å²) in [7, 11) is 0. The van der Waals surface area contributed by atoms with Gasteiger partial charge in [-0.05, 0) is 13.0 Å². The summed E-state index contributed by atoms with van der Waals surface area (Å²) in [6.07, 6.45) is 0. The molecular formula is C9H10ClN3S. The van der Waals surface area contributed by atoms with Crippen molar-refractivity contribution in [3.05, 3.63) is 17.5 Å². The fraction of sp³-hybridized carbons (Fsp3) is 0.444. The van der Waals surface area contributed by atoms with Gasteiger partial charge < -0.3 is 0 Å². The van der Waals surface area contributed by atoms with Crippen LogP contribution in [0, 0.1) is 18.3 Å². The zero-order valence-electron chi connectivity index (χ0n) is 7.99. The first kappa shape index (κ1) is 11.3. The molecule has 1 atom stereocenters. The van der Waals surface area contributed by atoms with Crippen molar-refractivity contribution in [3.8, 4) is 6.07 Å². The quantitative estimate of drug-likeness (QED) is 0.452. The van der Waals surface area contributed by atoms with E-state index in [1.165, 1.54) is 11.8 Å². The predicted molar refractivity (Wildman–Crippen MR) is 57.5 cm³/mol. The molecule has 74 valence electrons. The highest BCUT2D eigenvalue weighted by atomic mass is 35.5. The lowest BCUT2D eigenvalue weighted by molar-refractivity contribution is 0.912. The minimum absolute atomic E-state index is 0.255. The number of nitrogens with zero attached hydrogens (tertiary/aromatic N) is 3. The summed E-state index contributed by atoms with van der Waals surface area (Å²) in [6, 6.07) is 3.66. The summed E-state index contributed by atoms with van der Waals surface area (Å²) in [6.45, 7) is 3.84. The lowest BCUT2D eigenvalue weighted by atomic mass is 10.4. The van der Waals surface area contributed by atoms with E-state index in [0.717, 1.165) is 5.69 Å². The number of hydrogen-bond acceptors (Lipinski definition) is 4. The Morgan fingerprint density at radius 2 is 2.36 bits per heavy atom. The molecule has 0 N–H and O–H groups in total. The van der Waals surface area contributed by atoms with Crippen LogP contribution < -0.4 is 0 Å². The SMILES string of the molecule is Cc1cc(C#N)nc(SC(C)CCl)n1. The second-order valence-corrected chi connectivity index (χ2v) is 4.59. The molecule has 1 aromatic heterocycles. The molecule has 0 radical (unpaired) electrons. The minimum atomic E-state index is 0.255. The monoisotopic (exact) mass is 227 g/mol. The third-order valence-corrected chi connectivity index (χ3v) is 3.08. The van der Waals surface area contributed by atoms with E-state index < -0.39 is 0 Å². The summed E-state index contributed by atoms with van der Waals surface area (Å²) < 4.78 is 0. The number of aryl methyl sites for hydroxylation is 1. The number of hydrogen-bond donors (Lipinski definition) is 0. The minimum Gasteiger partial charge on any atom is -0.228 e. The van der Waals surface area contributed by atoms with Crippen molar-refractivity contribution in [1.29, 1.82) is 5.26 Å². The fourth-order valence-corrected chi connectivity index (χ4v) is 1.82. The Morgan fingerprint density at radius 1 is 1.64 bits per heavy atom. The molecule has 0 fully saturated rings. The first-order chi connectivity index (χ1) is 6.65. The van der Waals surface area contributed by atoms with Gasteiger partial charge in [-0.2, -0.15) is 5.26 Å². The van der Waals surface area contributed by atoms with Gasteiger partial charge in [0.25, 0.3) is 0 Å². The summed E-state index contributed by atoms with van der Waals surface area (Å²) >= 11 is 7.16. The molecule has 0 aliphatic heterocycles. The maximum atomic E-state index is 8.70. The predicted octanol–water partition coefficient (Wildman–Crippen LogP) is 2.38. The van der Waals surface area contributed by atoms with Gasteiger partial charge in [0.2, 0.25) is 0 Å². The summed E-state index contributed by atoms with van der Waals surface area (Å²) in [5.74, 6) is 0.545. The van der Waals surface area contributed by atoms with E-state index in [1.807, 2.05) is 19.9 Å². The van der Waals surface area contributed by atoms with Crippen LogP contribution in [0.25, 0.3) is 0 Å². The Balaban J connectivity index is 2.88. The van der Waals surface area contributed by atoms with Gasteiger partial charge in [0, 0.05) is 16.8 Å².